The van der Waals surface area contributed by atoms with E-state index < -0.39 is 5.60 Å². The van der Waals surface area contributed by atoms with Crippen LogP contribution in [0.4, 0.5) is 4.79 Å². The molecule has 0 aromatic carbocycles. The van der Waals surface area contributed by atoms with Crippen molar-refractivity contribution in [3.63, 3.8) is 0 Å². The SMILES string of the molecule is Cc1ncn2ccc(-c3noc(C4CCN(C(=O)OC(C)(C)C)CC4)n3)cc12. The largest absolute Gasteiger partial charge is 0.444 e. The molecule has 8 heteroatoms. The van der Waals surface area contributed by atoms with Crippen LogP contribution < -0.4 is 0 Å². The third-order valence-corrected chi connectivity index (χ3v) is 4.93. The third-order valence-electron chi connectivity index (χ3n) is 4.93. The van der Waals surface area contributed by atoms with E-state index >= 15 is 0 Å². The molecular formula is C20H25N5O3. The molecule has 1 aliphatic rings. The summed E-state index contributed by atoms with van der Waals surface area (Å²) in [5.74, 6) is 1.36. The van der Waals surface area contributed by atoms with Crippen molar-refractivity contribution in [3.8, 4) is 11.4 Å². The number of likely N-dealkylation sites (tertiary alicyclic amines) is 1. The summed E-state index contributed by atoms with van der Waals surface area (Å²) in [6.07, 6.45) is 5.03. The Hall–Kier alpha value is -2.90. The lowest BCUT2D eigenvalue weighted by Gasteiger charge is -2.32. The van der Waals surface area contributed by atoms with Crippen molar-refractivity contribution in [2.45, 2.75) is 52.1 Å². The van der Waals surface area contributed by atoms with Crippen molar-refractivity contribution in [2.75, 3.05) is 13.1 Å². The predicted octanol–water partition coefficient (Wildman–Crippen LogP) is 3.81. The van der Waals surface area contributed by atoms with Gasteiger partial charge >= 0.3 is 6.09 Å². The zero-order valence-corrected chi connectivity index (χ0v) is 16.7. The van der Waals surface area contributed by atoms with Gasteiger partial charge in [-0.2, -0.15) is 4.98 Å². The molecular weight excluding hydrogens is 358 g/mol. The molecule has 28 heavy (non-hydrogen) atoms. The lowest BCUT2D eigenvalue weighted by atomic mass is 9.97. The molecule has 0 N–H and O–H groups in total. The van der Waals surface area contributed by atoms with Crippen molar-refractivity contribution in [1.29, 1.82) is 0 Å². The zero-order valence-electron chi connectivity index (χ0n) is 16.7. The summed E-state index contributed by atoms with van der Waals surface area (Å²) in [5, 5.41) is 4.16. The smallest absolute Gasteiger partial charge is 0.410 e. The fraction of sp³-hybridized carbons (Fsp3) is 0.500. The van der Waals surface area contributed by atoms with E-state index in [0.29, 0.717) is 24.8 Å². The van der Waals surface area contributed by atoms with E-state index in [4.69, 9.17) is 9.26 Å². The minimum atomic E-state index is -0.482. The number of carbonyl (C=O) groups is 1. The highest BCUT2D eigenvalue weighted by Gasteiger charge is 2.30. The first-order valence-electron chi connectivity index (χ1n) is 9.55. The second-order valence-electron chi connectivity index (χ2n) is 8.24. The monoisotopic (exact) mass is 383 g/mol. The topological polar surface area (TPSA) is 85.8 Å². The molecule has 0 atom stereocenters. The number of aryl methyl sites for hydroxylation is 1. The van der Waals surface area contributed by atoms with Crippen LogP contribution in [-0.2, 0) is 4.74 Å². The Balaban J connectivity index is 1.43. The normalized spacial score (nSPS) is 15.9. The van der Waals surface area contributed by atoms with E-state index in [9.17, 15) is 4.79 Å². The number of fused-ring (bicyclic) bond motifs is 1. The molecule has 3 aromatic heterocycles. The molecule has 4 heterocycles. The molecule has 0 saturated carbocycles. The number of ether oxygens (including phenoxy) is 1. The van der Waals surface area contributed by atoms with Crippen LogP contribution in [0.2, 0.25) is 0 Å². The first-order valence-corrected chi connectivity index (χ1v) is 9.55. The van der Waals surface area contributed by atoms with Gasteiger partial charge in [-0.3, -0.25) is 0 Å². The van der Waals surface area contributed by atoms with E-state index in [1.807, 2.05) is 50.4 Å². The van der Waals surface area contributed by atoms with Crippen molar-refractivity contribution in [3.05, 3.63) is 36.2 Å². The van der Waals surface area contributed by atoms with Crippen LogP contribution >= 0.6 is 0 Å². The highest BCUT2D eigenvalue weighted by Crippen LogP contribution is 2.29. The van der Waals surface area contributed by atoms with E-state index in [-0.39, 0.29) is 12.0 Å². The van der Waals surface area contributed by atoms with Gasteiger partial charge in [-0.05, 0) is 52.7 Å². The summed E-state index contributed by atoms with van der Waals surface area (Å²) < 4.78 is 13.0. The molecule has 1 fully saturated rings. The Labute approximate surface area is 163 Å². The van der Waals surface area contributed by atoms with Crippen LogP contribution in [0.5, 0.6) is 0 Å². The first kappa shape index (κ1) is 18.5. The number of amides is 1. The number of piperidine rings is 1. The maximum absolute atomic E-state index is 12.2. The number of hydrogen-bond acceptors (Lipinski definition) is 6. The fourth-order valence-corrected chi connectivity index (χ4v) is 3.41. The summed E-state index contributed by atoms with van der Waals surface area (Å²) in [7, 11) is 0. The van der Waals surface area contributed by atoms with Gasteiger partial charge in [-0.25, -0.2) is 9.78 Å². The van der Waals surface area contributed by atoms with Crippen LogP contribution in [0.1, 0.15) is 51.1 Å². The summed E-state index contributed by atoms with van der Waals surface area (Å²) in [4.78, 5) is 22.9. The predicted molar refractivity (Wildman–Crippen MR) is 103 cm³/mol. The molecule has 0 bridgehead atoms. The number of pyridine rings is 1. The molecule has 0 spiro atoms. The average Bonchev–Trinajstić information content (AvgIpc) is 3.28. The Morgan fingerprint density at radius 2 is 2.04 bits per heavy atom. The maximum atomic E-state index is 12.2. The van der Waals surface area contributed by atoms with Gasteiger partial charge < -0.3 is 18.6 Å². The molecule has 0 aliphatic carbocycles. The van der Waals surface area contributed by atoms with E-state index in [1.165, 1.54) is 0 Å². The number of hydrogen-bond donors (Lipinski definition) is 0. The Morgan fingerprint density at radius 3 is 2.75 bits per heavy atom. The minimum Gasteiger partial charge on any atom is -0.444 e. The van der Waals surface area contributed by atoms with E-state index in [0.717, 1.165) is 29.6 Å². The van der Waals surface area contributed by atoms with Crippen molar-refractivity contribution in [2.24, 2.45) is 0 Å². The Morgan fingerprint density at radius 1 is 1.29 bits per heavy atom. The van der Waals surface area contributed by atoms with Crippen LogP contribution in [0, 0.1) is 6.92 Å². The highest BCUT2D eigenvalue weighted by atomic mass is 16.6. The molecule has 1 amide bonds. The molecule has 1 aliphatic heterocycles. The van der Waals surface area contributed by atoms with Gasteiger partial charge in [-0.15, -0.1) is 0 Å². The third kappa shape index (κ3) is 3.72. The minimum absolute atomic E-state index is 0.153. The quantitative estimate of drug-likeness (QED) is 0.669. The second kappa shape index (κ2) is 6.92. The molecule has 148 valence electrons. The van der Waals surface area contributed by atoms with Crippen LogP contribution in [0.15, 0.2) is 29.2 Å². The second-order valence-corrected chi connectivity index (χ2v) is 8.24. The zero-order chi connectivity index (χ0) is 19.9. The van der Waals surface area contributed by atoms with Crippen LogP contribution in [-0.4, -0.2) is 49.2 Å². The standard InChI is InChI=1S/C20H25N5O3/c1-13-16-11-15(7-10-25(16)12-21-13)17-22-18(28-23-17)14-5-8-24(9-6-14)19(26)27-20(2,3)4/h7,10-12,14H,5-6,8-9H2,1-4H3. The van der Waals surface area contributed by atoms with Crippen LogP contribution in [0.3, 0.4) is 0 Å². The Kier molecular flexibility index (Phi) is 4.56. The van der Waals surface area contributed by atoms with Gasteiger partial charge in [0.05, 0.1) is 17.5 Å². The number of imidazole rings is 1. The molecule has 4 rings (SSSR count). The van der Waals surface area contributed by atoms with Gasteiger partial charge in [-0.1, -0.05) is 5.16 Å². The van der Waals surface area contributed by atoms with Gasteiger partial charge in [0.15, 0.2) is 0 Å². The molecule has 0 radical (unpaired) electrons. The summed E-state index contributed by atoms with van der Waals surface area (Å²) in [6, 6.07) is 3.97. The molecule has 1 saturated heterocycles. The summed E-state index contributed by atoms with van der Waals surface area (Å²) in [6.45, 7) is 8.84. The summed E-state index contributed by atoms with van der Waals surface area (Å²) >= 11 is 0. The molecule has 0 unspecified atom stereocenters. The number of rotatable bonds is 2. The maximum Gasteiger partial charge on any atom is 0.410 e. The first-order chi connectivity index (χ1) is 13.3. The fourth-order valence-electron chi connectivity index (χ4n) is 3.41. The summed E-state index contributed by atoms with van der Waals surface area (Å²) in [5.41, 5.74) is 2.40. The van der Waals surface area contributed by atoms with E-state index in [1.54, 1.807) is 11.2 Å². The number of nitrogens with zero attached hydrogens (tertiary/aromatic N) is 5. The van der Waals surface area contributed by atoms with Gasteiger partial charge in [0, 0.05) is 30.8 Å². The molecule has 8 nitrogen and oxygen atoms in total. The highest BCUT2D eigenvalue weighted by molar-refractivity contribution is 5.68. The lowest BCUT2D eigenvalue weighted by Crippen LogP contribution is -2.41. The van der Waals surface area contributed by atoms with Gasteiger partial charge in [0.25, 0.3) is 0 Å². The van der Waals surface area contributed by atoms with Crippen molar-refractivity contribution < 1.29 is 14.1 Å². The average molecular weight is 383 g/mol. The van der Waals surface area contributed by atoms with E-state index in [2.05, 4.69) is 15.1 Å². The van der Waals surface area contributed by atoms with Crippen LogP contribution in [0.25, 0.3) is 16.9 Å². The number of carbonyl (C=O) groups excluding carboxylic acids is 1. The van der Waals surface area contributed by atoms with Crippen molar-refractivity contribution >= 4 is 11.6 Å². The molecule has 3 aromatic rings. The van der Waals surface area contributed by atoms with Gasteiger partial charge in [0.1, 0.15) is 5.60 Å². The number of aromatic nitrogens is 4. The van der Waals surface area contributed by atoms with Gasteiger partial charge in [0.2, 0.25) is 11.7 Å². The lowest BCUT2D eigenvalue weighted by molar-refractivity contribution is 0.0198. The Bertz CT molecular complexity index is 993. The van der Waals surface area contributed by atoms with Crippen molar-refractivity contribution in [1.82, 2.24) is 24.4 Å².